The van der Waals surface area contributed by atoms with Crippen LogP contribution in [0.4, 0.5) is 11.4 Å². The Bertz CT molecular complexity index is 890. The predicted molar refractivity (Wildman–Crippen MR) is 126 cm³/mol. The van der Waals surface area contributed by atoms with Crippen LogP contribution in [-0.2, 0) is 20.8 Å². The zero-order valence-electron chi connectivity index (χ0n) is 17.6. The second kappa shape index (κ2) is 11.9. The molecule has 0 bridgehead atoms. The van der Waals surface area contributed by atoms with Crippen molar-refractivity contribution in [2.24, 2.45) is 0 Å². The molecule has 0 spiro atoms. The minimum Gasteiger partial charge on any atom is -0.353 e. The Morgan fingerprint density at radius 1 is 1.00 bits per heavy atom. The molecule has 1 aromatic heterocycles. The zero-order valence-corrected chi connectivity index (χ0v) is 19.2. The third-order valence-electron chi connectivity index (χ3n) is 4.91. The number of anilines is 2. The van der Waals surface area contributed by atoms with E-state index in [2.05, 4.69) is 20.9 Å². The monoisotopic (exact) mass is 460 g/mol. The zero-order chi connectivity index (χ0) is 22.1. The van der Waals surface area contributed by atoms with Crippen LogP contribution in [0.25, 0.3) is 0 Å². The number of hydrogen-bond donors (Lipinski definition) is 3. The molecule has 0 saturated heterocycles. The molecule has 31 heavy (non-hydrogen) atoms. The van der Waals surface area contributed by atoms with Gasteiger partial charge >= 0.3 is 0 Å². The van der Waals surface area contributed by atoms with Crippen molar-refractivity contribution in [3.8, 4) is 0 Å². The molecule has 0 unspecified atom stereocenters. The number of nitrogens with one attached hydrogen (secondary N) is 3. The fraction of sp³-hybridized carbons (Fsp3) is 0.455. The molecule has 1 aliphatic rings. The van der Waals surface area contributed by atoms with Gasteiger partial charge in [0.2, 0.25) is 17.7 Å². The highest BCUT2D eigenvalue weighted by molar-refractivity contribution is 8.01. The van der Waals surface area contributed by atoms with E-state index in [1.54, 1.807) is 24.3 Å². The maximum absolute atomic E-state index is 12.3. The first-order valence-corrected chi connectivity index (χ1v) is 12.4. The van der Waals surface area contributed by atoms with Crippen LogP contribution in [0.5, 0.6) is 0 Å². The van der Waals surface area contributed by atoms with E-state index in [-0.39, 0.29) is 29.9 Å². The first-order chi connectivity index (χ1) is 15.0. The van der Waals surface area contributed by atoms with Crippen LogP contribution >= 0.6 is 23.1 Å². The lowest BCUT2D eigenvalue weighted by Crippen LogP contribution is -2.35. The Hall–Kier alpha value is -2.39. The van der Waals surface area contributed by atoms with Crippen molar-refractivity contribution >= 4 is 52.2 Å². The van der Waals surface area contributed by atoms with E-state index in [9.17, 15) is 14.4 Å². The van der Waals surface area contributed by atoms with Crippen molar-refractivity contribution in [1.29, 1.82) is 0 Å². The molecule has 1 heterocycles. The van der Waals surface area contributed by atoms with Gasteiger partial charge in [0.1, 0.15) is 0 Å². The molecule has 1 aromatic carbocycles. The van der Waals surface area contributed by atoms with Crippen molar-refractivity contribution in [2.45, 2.75) is 62.3 Å². The van der Waals surface area contributed by atoms with Crippen LogP contribution in [0.2, 0.25) is 0 Å². The van der Waals surface area contributed by atoms with Crippen molar-refractivity contribution in [1.82, 2.24) is 10.3 Å². The topological polar surface area (TPSA) is 100 Å². The Balaban J connectivity index is 1.40. The Morgan fingerprint density at radius 2 is 1.65 bits per heavy atom. The van der Waals surface area contributed by atoms with Gasteiger partial charge in [0.05, 0.1) is 17.9 Å². The fourth-order valence-corrected chi connectivity index (χ4v) is 5.11. The fourth-order valence-electron chi connectivity index (χ4n) is 3.47. The molecule has 3 amide bonds. The van der Waals surface area contributed by atoms with E-state index in [1.807, 2.05) is 5.38 Å². The van der Waals surface area contributed by atoms with E-state index >= 15 is 0 Å². The molecule has 0 radical (unpaired) electrons. The van der Waals surface area contributed by atoms with Gasteiger partial charge in [0, 0.05) is 29.7 Å². The number of thioether (sulfide) groups is 1. The lowest BCUT2D eigenvalue weighted by molar-refractivity contribution is -0.121. The smallest absolute Gasteiger partial charge is 0.234 e. The lowest BCUT2D eigenvalue weighted by Gasteiger charge is -2.15. The first kappa shape index (κ1) is 23.3. The van der Waals surface area contributed by atoms with E-state index < -0.39 is 0 Å². The quantitative estimate of drug-likeness (QED) is 0.405. The molecule has 1 fully saturated rings. The number of benzene rings is 1. The average Bonchev–Trinajstić information content (AvgIpc) is 3.01. The molecule has 1 saturated carbocycles. The average molecular weight is 461 g/mol. The SMILES string of the molecule is CC(=O)Nc1ccc(NC(=O)CSc2nc(CC(=O)NC3CCCCCC3)cs2)cc1. The van der Waals surface area contributed by atoms with E-state index in [1.165, 1.54) is 55.7 Å². The largest absolute Gasteiger partial charge is 0.353 e. The van der Waals surface area contributed by atoms with Crippen LogP contribution < -0.4 is 16.0 Å². The molecule has 0 atom stereocenters. The van der Waals surface area contributed by atoms with Crippen molar-refractivity contribution in [3.63, 3.8) is 0 Å². The number of thiazole rings is 1. The number of carbonyl (C=O) groups excluding carboxylic acids is 3. The summed E-state index contributed by atoms with van der Waals surface area (Å²) in [4.78, 5) is 40.0. The summed E-state index contributed by atoms with van der Waals surface area (Å²) < 4.78 is 0.772. The molecule has 3 rings (SSSR count). The highest BCUT2D eigenvalue weighted by Crippen LogP contribution is 2.24. The summed E-state index contributed by atoms with van der Waals surface area (Å²) in [6.07, 6.45) is 7.29. The molecular weight excluding hydrogens is 432 g/mol. The summed E-state index contributed by atoms with van der Waals surface area (Å²) in [7, 11) is 0. The number of nitrogens with zero attached hydrogens (tertiary/aromatic N) is 1. The maximum atomic E-state index is 12.3. The van der Waals surface area contributed by atoms with Gasteiger partial charge in [-0.15, -0.1) is 11.3 Å². The van der Waals surface area contributed by atoms with Gasteiger partial charge in [-0.05, 0) is 37.1 Å². The van der Waals surface area contributed by atoms with Gasteiger partial charge in [-0.1, -0.05) is 37.4 Å². The Kier molecular flexibility index (Phi) is 8.90. The minimum atomic E-state index is -0.141. The van der Waals surface area contributed by atoms with Crippen LogP contribution in [0.15, 0.2) is 34.0 Å². The number of carbonyl (C=O) groups is 3. The van der Waals surface area contributed by atoms with Crippen molar-refractivity contribution in [3.05, 3.63) is 35.3 Å². The molecule has 1 aliphatic carbocycles. The predicted octanol–water partition coefficient (Wildman–Crippen LogP) is 4.21. The molecule has 0 aliphatic heterocycles. The molecule has 7 nitrogen and oxygen atoms in total. The second-order valence-corrected chi connectivity index (χ2v) is 9.71. The van der Waals surface area contributed by atoms with Gasteiger partial charge in [0.15, 0.2) is 4.34 Å². The summed E-state index contributed by atoms with van der Waals surface area (Å²) in [6.45, 7) is 1.45. The van der Waals surface area contributed by atoms with Gasteiger partial charge in [-0.25, -0.2) is 4.98 Å². The number of rotatable bonds is 8. The van der Waals surface area contributed by atoms with Crippen molar-refractivity contribution in [2.75, 3.05) is 16.4 Å². The summed E-state index contributed by atoms with van der Waals surface area (Å²) in [5.74, 6) is -0.0263. The maximum Gasteiger partial charge on any atom is 0.234 e. The Labute approximate surface area is 190 Å². The summed E-state index contributed by atoms with van der Waals surface area (Å²) in [5.41, 5.74) is 2.08. The van der Waals surface area contributed by atoms with Crippen LogP contribution in [0, 0.1) is 0 Å². The first-order valence-electron chi connectivity index (χ1n) is 10.5. The third kappa shape index (κ3) is 8.34. The van der Waals surface area contributed by atoms with E-state index in [0.717, 1.165) is 22.9 Å². The summed E-state index contributed by atoms with van der Waals surface area (Å²) >= 11 is 2.80. The van der Waals surface area contributed by atoms with E-state index in [4.69, 9.17) is 0 Å². The molecule has 3 N–H and O–H groups in total. The van der Waals surface area contributed by atoms with Crippen LogP contribution in [-0.4, -0.2) is 34.5 Å². The Morgan fingerprint density at radius 3 is 2.29 bits per heavy atom. The van der Waals surface area contributed by atoms with Crippen LogP contribution in [0.1, 0.15) is 51.1 Å². The van der Waals surface area contributed by atoms with Gasteiger partial charge in [0.25, 0.3) is 0 Å². The molecule has 2 aromatic rings. The highest BCUT2D eigenvalue weighted by Gasteiger charge is 2.16. The minimum absolute atomic E-state index is 0.0224. The number of aromatic nitrogens is 1. The van der Waals surface area contributed by atoms with Gasteiger partial charge in [-0.3, -0.25) is 14.4 Å². The van der Waals surface area contributed by atoms with Crippen molar-refractivity contribution < 1.29 is 14.4 Å². The number of hydrogen-bond acceptors (Lipinski definition) is 6. The molecule has 9 heteroatoms. The molecular formula is C22H28N4O3S2. The molecule has 166 valence electrons. The number of amides is 3. The van der Waals surface area contributed by atoms with Crippen LogP contribution in [0.3, 0.4) is 0 Å². The van der Waals surface area contributed by atoms with Gasteiger partial charge < -0.3 is 16.0 Å². The third-order valence-corrected chi connectivity index (χ3v) is 6.98. The lowest BCUT2D eigenvalue weighted by atomic mass is 10.1. The normalized spacial score (nSPS) is 14.5. The second-order valence-electron chi connectivity index (χ2n) is 7.63. The summed E-state index contributed by atoms with van der Waals surface area (Å²) in [5, 5.41) is 10.5. The van der Waals surface area contributed by atoms with Gasteiger partial charge in [-0.2, -0.15) is 0 Å². The standard InChI is InChI=1S/C22H28N4O3S2/c1-15(27)23-17-8-10-18(11-9-17)25-21(29)14-31-22-26-19(13-30-22)12-20(28)24-16-6-4-2-3-5-7-16/h8-11,13,16H,2-7,12,14H2,1H3,(H,23,27)(H,24,28)(H,25,29). The highest BCUT2D eigenvalue weighted by atomic mass is 32.2. The van der Waals surface area contributed by atoms with E-state index in [0.29, 0.717) is 17.4 Å². The summed E-state index contributed by atoms with van der Waals surface area (Å²) in [6, 6.07) is 7.23.